The molecule has 0 aliphatic heterocycles. The lowest BCUT2D eigenvalue weighted by Crippen LogP contribution is -2.19. The molecule has 0 spiro atoms. The number of aliphatic hydroxyl groups excluding tert-OH is 1. The van der Waals surface area contributed by atoms with Crippen molar-refractivity contribution in [2.24, 2.45) is 0 Å². The van der Waals surface area contributed by atoms with Gasteiger partial charge in [-0.2, -0.15) is 0 Å². The highest BCUT2D eigenvalue weighted by atomic mass is 16.4. The molecule has 0 aliphatic carbocycles. The van der Waals surface area contributed by atoms with Gasteiger partial charge < -0.3 is 15.0 Å². The third-order valence-electron chi connectivity index (χ3n) is 1.05. The third-order valence-corrected chi connectivity index (χ3v) is 1.05. The van der Waals surface area contributed by atoms with Crippen LogP contribution in [-0.4, -0.2) is 28.1 Å². The minimum atomic E-state index is -1.40. The summed E-state index contributed by atoms with van der Waals surface area (Å²) < 4.78 is 0. The molecule has 1 unspecified atom stereocenters. The summed E-state index contributed by atoms with van der Waals surface area (Å²) in [4.78, 5) is 20.2. The standard InChI is InChI=1S/C6H10O4/c1-4(7)2-3-5(8)6(9)10/h5,8H,2-3H2,1H3,(H,9,10). The normalized spacial score (nSPS) is 12.6. The molecular weight excluding hydrogens is 136 g/mol. The van der Waals surface area contributed by atoms with Crippen LogP contribution >= 0.6 is 0 Å². The number of ketones is 1. The molecule has 4 heteroatoms. The van der Waals surface area contributed by atoms with E-state index in [2.05, 4.69) is 0 Å². The third kappa shape index (κ3) is 4.03. The van der Waals surface area contributed by atoms with E-state index in [0.29, 0.717) is 0 Å². The molecule has 0 heterocycles. The number of aliphatic carboxylic acids is 1. The van der Waals surface area contributed by atoms with Gasteiger partial charge in [0.25, 0.3) is 0 Å². The lowest BCUT2D eigenvalue weighted by molar-refractivity contribution is -0.147. The molecule has 0 saturated heterocycles. The molecule has 0 aromatic rings. The van der Waals surface area contributed by atoms with Crippen LogP contribution in [0.5, 0.6) is 0 Å². The number of Topliss-reactive ketones (excluding diaryl/α,β-unsaturated/α-hetero) is 1. The van der Waals surface area contributed by atoms with Crippen LogP contribution in [0.15, 0.2) is 0 Å². The van der Waals surface area contributed by atoms with Gasteiger partial charge in [0.1, 0.15) is 5.78 Å². The van der Waals surface area contributed by atoms with E-state index in [0.717, 1.165) is 0 Å². The summed E-state index contributed by atoms with van der Waals surface area (Å²) in [6.07, 6.45) is -1.28. The van der Waals surface area contributed by atoms with E-state index in [1.807, 2.05) is 0 Å². The average molecular weight is 146 g/mol. The second-order valence-corrected chi connectivity index (χ2v) is 2.09. The molecule has 10 heavy (non-hydrogen) atoms. The average Bonchev–Trinajstić information content (AvgIpc) is 1.82. The maximum atomic E-state index is 10.3. The number of carboxylic acids is 1. The molecule has 0 fully saturated rings. The predicted molar refractivity (Wildman–Crippen MR) is 33.6 cm³/mol. The number of carboxylic acid groups (broad SMARTS) is 1. The zero-order valence-electron chi connectivity index (χ0n) is 5.70. The number of hydrogen-bond acceptors (Lipinski definition) is 3. The fourth-order valence-corrected chi connectivity index (χ4v) is 0.463. The Morgan fingerprint density at radius 2 is 2.00 bits per heavy atom. The Morgan fingerprint density at radius 3 is 2.30 bits per heavy atom. The Morgan fingerprint density at radius 1 is 1.50 bits per heavy atom. The summed E-state index contributed by atoms with van der Waals surface area (Å²) in [5, 5.41) is 16.8. The van der Waals surface area contributed by atoms with Gasteiger partial charge in [0, 0.05) is 6.42 Å². The van der Waals surface area contributed by atoms with Gasteiger partial charge >= 0.3 is 5.97 Å². The minimum Gasteiger partial charge on any atom is -0.479 e. The minimum absolute atomic E-state index is 0.00463. The number of hydrogen-bond donors (Lipinski definition) is 2. The van der Waals surface area contributed by atoms with Crippen LogP contribution < -0.4 is 0 Å². The van der Waals surface area contributed by atoms with Crippen LogP contribution in [0.25, 0.3) is 0 Å². The number of rotatable bonds is 4. The van der Waals surface area contributed by atoms with E-state index >= 15 is 0 Å². The molecule has 0 amide bonds. The quantitative estimate of drug-likeness (QED) is 0.576. The van der Waals surface area contributed by atoms with Crippen LogP contribution in [0, 0.1) is 0 Å². The van der Waals surface area contributed by atoms with Crippen molar-refractivity contribution in [1.29, 1.82) is 0 Å². The first kappa shape index (κ1) is 9.10. The summed E-state index contributed by atoms with van der Waals surface area (Å²) >= 11 is 0. The monoisotopic (exact) mass is 146 g/mol. The maximum absolute atomic E-state index is 10.3. The molecular formula is C6H10O4. The SMILES string of the molecule is CC(=O)CCC(O)C(=O)O. The predicted octanol–water partition coefficient (Wildman–Crippen LogP) is -0.199. The van der Waals surface area contributed by atoms with E-state index in [4.69, 9.17) is 10.2 Å². The molecule has 4 nitrogen and oxygen atoms in total. The molecule has 0 aliphatic rings. The molecule has 0 aromatic carbocycles. The van der Waals surface area contributed by atoms with E-state index in [-0.39, 0.29) is 18.6 Å². The van der Waals surface area contributed by atoms with Crippen molar-refractivity contribution < 1.29 is 19.8 Å². The van der Waals surface area contributed by atoms with Gasteiger partial charge in [0.2, 0.25) is 0 Å². The molecule has 0 rings (SSSR count). The van der Waals surface area contributed by atoms with Gasteiger partial charge in [-0.25, -0.2) is 4.79 Å². The highest BCUT2D eigenvalue weighted by Gasteiger charge is 2.12. The largest absolute Gasteiger partial charge is 0.479 e. The van der Waals surface area contributed by atoms with Crippen LogP contribution in [0.2, 0.25) is 0 Å². The van der Waals surface area contributed by atoms with Crippen molar-refractivity contribution in [3.05, 3.63) is 0 Å². The second kappa shape index (κ2) is 4.00. The number of carbonyl (C=O) groups excluding carboxylic acids is 1. The van der Waals surface area contributed by atoms with Crippen molar-refractivity contribution in [2.45, 2.75) is 25.9 Å². The van der Waals surface area contributed by atoms with E-state index < -0.39 is 12.1 Å². The first-order valence-electron chi connectivity index (χ1n) is 2.94. The summed E-state index contributed by atoms with van der Waals surface area (Å²) in [5.41, 5.74) is 0. The maximum Gasteiger partial charge on any atom is 0.332 e. The lowest BCUT2D eigenvalue weighted by Gasteiger charge is -2.00. The molecule has 0 radical (unpaired) electrons. The second-order valence-electron chi connectivity index (χ2n) is 2.09. The van der Waals surface area contributed by atoms with Crippen molar-refractivity contribution in [3.8, 4) is 0 Å². The van der Waals surface area contributed by atoms with Crippen LogP contribution in [0.3, 0.4) is 0 Å². The van der Waals surface area contributed by atoms with Crippen molar-refractivity contribution in [3.63, 3.8) is 0 Å². The number of carbonyl (C=O) groups is 2. The zero-order valence-corrected chi connectivity index (χ0v) is 5.70. The van der Waals surface area contributed by atoms with Gasteiger partial charge in [-0.1, -0.05) is 0 Å². The Labute approximate surface area is 58.5 Å². The van der Waals surface area contributed by atoms with E-state index in [1.165, 1.54) is 6.92 Å². The lowest BCUT2D eigenvalue weighted by atomic mass is 10.1. The number of aliphatic hydroxyl groups is 1. The molecule has 0 saturated carbocycles. The van der Waals surface area contributed by atoms with E-state index in [1.54, 1.807) is 0 Å². The van der Waals surface area contributed by atoms with Gasteiger partial charge in [-0.15, -0.1) is 0 Å². The molecule has 1 atom stereocenters. The Bertz CT molecular complexity index is 141. The van der Waals surface area contributed by atoms with Crippen LogP contribution in [0.1, 0.15) is 19.8 Å². The Hall–Kier alpha value is -0.900. The first-order chi connectivity index (χ1) is 4.54. The zero-order chi connectivity index (χ0) is 8.15. The summed E-state index contributed by atoms with van der Waals surface area (Å²) in [7, 11) is 0. The molecule has 58 valence electrons. The molecule has 0 aromatic heterocycles. The van der Waals surface area contributed by atoms with Gasteiger partial charge in [0.15, 0.2) is 6.10 Å². The van der Waals surface area contributed by atoms with Gasteiger partial charge in [0.05, 0.1) is 0 Å². The van der Waals surface area contributed by atoms with E-state index in [9.17, 15) is 9.59 Å². The smallest absolute Gasteiger partial charge is 0.332 e. The Balaban J connectivity index is 3.49. The summed E-state index contributed by atoms with van der Waals surface area (Å²) in [6, 6.07) is 0. The van der Waals surface area contributed by atoms with Crippen LogP contribution in [0.4, 0.5) is 0 Å². The topological polar surface area (TPSA) is 74.6 Å². The summed E-state index contributed by atoms with van der Waals surface area (Å²) in [5.74, 6) is -1.39. The highest BCUT2D eigenvalue weighted by Crippen LogP contribution is 1.96. The first-order valence-corrected chi connectivity index (χ1v) is 2.94. The fourth-order valence-electron chi connectivity index (χ4n) is 0.463. The van der Waals surface area contributed by atoms with Crippen molar-refractivity contribution >= 4 is 11.8 Å². The van der Waals surface area contributed by atoms with Crippen LogP contribution in [-0.2, 0) is 9.59 Å². The highest BCUT2D eigenvalue weighted by molar-refractivity contribution is 5.77. The van der Waals surface area contributed by atoms with Gasteiger partial charge in [-0.05, 0) is 13.3 Å². The molecule has 2 N–H and O–H groups in total. The van der Waals surface area contributed by atoms with Crippen molar-refractivity contribution in [1.82, 2.24) is 0 Å². The van der Waals surface area contributed by atoms with Crippen molar-refractivity contribution in [2.75, 3.05) is 0 Å². The Kier molecular flexibility index (Phi) is 3.64. The summed E-state index contributed by atoms with van der Waals surface area (Å²) in [6.45, 7) is 1.36. The van der Waals surface area contributed by atoms with Gasteiger partial charge in [-0.3, -0.25) is 0 Å². The molecule has 0 bridgehead atoms. The fraction of sp³-hybridized carbons (Fsp3) is 0.667.